The van der Waals surface area contributed by atoms with Crippen molar-refractivity contribution in [1.29, 1.82) is 0 Å². The number of nitrogens with zero attached hydrogens (tertiary/aromatic N) is 1. The molecule has 1 amide bonds. The van der Waals surface area contributed by atoms with E-state index in [-0.39, 0.29) is 5.91 Å². The molecule has 3 aromatic rings. The topological polar surface area (TPSA) is 51.2 Å². The molecule has 0 atom stereocenters. The van der Waals surface area contributed by atoms with E-state index in [1.807, 2.05) is 60.7 Å². The van der Waals surface area contributed by atoms with Crippen molar-refractivity contribution in [1.82, 2.24) is 10.3 Å². The van der Waals surface area contributed by atoms with Gasteiger partial charge in [-0.1, -0.05) is 62.4 Å². The molecule has 0 aliphatic heterocycles. The smallest absolute Gasteiger partial charge is 0.270 e. The predicted octanol–water partition coefficient (Wildman–Crippen LogP) is 5.63. The number of nitrogens with one attached hydrogen (secondary N) is 1. The van der Waals surface area contributed by atoms with Crippen molar-refractivity contribution in [3.8, 4) is 11.6 Å². The van der Waals surface area contributed by atoms with Crippen LogP contribution in [0.5, 0.6) is 11.6 Å². The van der Waals surface area contributed by atoms with Crippen LogP contribution >= 0.6 is 0 Å². The molecule has 0 spiro atoms. The zero-order valence-electron chi connectivity index (χ0n) is 17.1. The number of rotatable bonds is 9. The average Bonchev–Trinajstić information content (AvgIpc) is 2.72. The second-order valence-electron chi connectivity index (χ2n) is 7.57. The van der Waals surface area contributed by atoms with Crippen LogP contribution in [0.3, 0.4) is 0 Å². The summed E-state index contributed by atoms with van der Waals surface area (Å²) in [5, 5.41) is 2.98. The van der Waals surface area contributed by atoms with Crippen LogP contribution in [0.25, 0.3) is 0 Å². The fourth-order valence-corrected chi connectivity index (χ4v) is 3.07. The minimum absolute atomic E-state index is 0.165. The number of carbonyl (C=O) groups is 1. The van der Waals surface area contributed by atoms with E-state index in [9.17, 15) is 4.79 Å². The molecule has 1 heterocycles. The molecule has 4 nitrogen and oxygen atoms in total. The fourth-order valence-electron chi connectivity index (χ4n) is 3.07. The van der Waals surface area contributed by atoms with Crippen molar-refractivity contribution >= 4 is 5.91 Å². The molecule has 0 saturated carbocycles. The van der Waals surface area contributed by atoms with Crippen LogP contribution in [-0.2, 0) is 6.42 Å². The lowest BCUT2D eigenvalue weighted by Crippen LogP contribution is -2.25. The molecule has 0 aliphatic carbocycles. The Morgan fingerprint density at radius 1 is 0.966 bits per heavy atom. The first-order valence-electron chi connectivity index (χ1n) is 10.2. The van der Waals surface area contributed by atoms with Gasteiger partial charge in [0.2, 0.25) is 5.88 Å². The molecular weight excluding hydrogens is 360 g/mol. The fraction of sp³-hybridized carbons (Fsp3) is 0.280. The number of ether oxygens (including phenoxy) is 1. The summed E-state index contributed by atoms with van der Waals surface area (Å²) in [7, 11) is 0. The number of para-hydroxylation sites is 1. The molecule has 0 saturated heterocycles. The van der Waals surface area contributed by atoms with E-state index in [0.717, 1.165) is 18.4 Å². The Kier molecular flexibility index (Phi) is 7.40. The lowest BCUT2D eigenvalue weighted by molar-refractivity contribution is 0.0946. The van der Waals surface area contributed by atoms with Crippen LogP contribution in [0, 0.1) is 5.92 Å². The Morgan fingerprint density at radius 3 is 2.34 bits per heavy atom. The minimum atomic E-state index is -0.165. The van der Waals surface area contributed by atoms with Crippen LogP contribution in [0.4, 0.5) is 0 Å². The van der Waals surface area contributed by atoms with Gasteiger partial charge in [0.25, 0.3) is 5.91 Å². The lowest BCUT2D eigenvalue weighted by atomic mass is 10.0. The van der Waals surface area contributed by atoms with E-state index in [1.54, 1.807) is 0 Å². The molecule has 1 N–H and O–H groups in total. The lowest BCUT2D eigenvalue weighted by Gasteiger charge is -2.11. The summed E-state index contributed by atoms with van der Waals surface area (Å²) in [5.41, 5.74) is 2.55. The van der Waals surface area contributed by atoms with Gasteiger partial charge in [0.1, 0.15) is 11.4 Å². The zero-order chi connectivity index (χ0) is 20.5. The summed E-state index contributed by atoms with van der Waals surface area (Å²) in [6, 6.07) is 23.4. The standard InChI is InChI=1S/C25H28N2O2/c1-19(2)10-9-15-26-25(28)23-17-21(16-20-11-5-3-6-12-20)18-24(27-23)29-22-13-7-4-8-14-22/h3-8,11-14,17-19H,9-10,15-16H2,1-2H3,(H,26,28). The van der Waals surface area contributed by atoms with Gasteiger partial charge in [0, 0.05) is 12.6 Å². The summed E-state index contributed by atoms with van der Waals surface area (Å²) < 4.78 is 5.91. The molecule has 1 aromatic heterocycles. The minimum Gasteiger partial charge on any atom is -0.439 e. The SMILES string of the molecule is CC(C)CCCNC(=O)c1cc(Cc2ccccc2)cc(Oc2ccccc2)n1. The molecule has 2 aromatic carbocycles. The second-order valence-corrected chi connectivity index (χ2v) is 7.57. The predicted molar refractivity (Wildman–Crippen MR) is 116 cm³/mol. The summed E-state index contributed by atoms with van der Waals surface area (Å²) in [6.07, 6.45) is 2.76. The molecular formula is C25H28N2O2. The number of pyridine rings is 1. The highest BCUT2D eigenvalue weighted by atomic mass is 16.5. The number of hydrogen-bond acceptors (Lipinski definition) is 3. The number of amides is 1. The van der Waals surface area contributed by atoms with E-state index in [2.05, 4.69) is 36.3 Å². The van der Waals surface area contributed by atoms with E-state index in [4.69, 9.17) is 4.74 Å². The van der Waals surface area contributed by atoms with Gasteiger partial charge in [-0.3, -0.25) is 4.79 Å². The van der Waals surface area contributed by atoms with Crippen LogP contribution in [-0.4, -0.2) is 17.4 Å². The number of carbonyl (C=O) groups excluding carboxylic acids is 1. The van der Waals surface area contributed by atoms with E-state index in [0.29, 0.717) is 36.2 Å². The molecule has 29 heavy (non-hydrogen) atoms. The van der Waals surface area contributed by atoms with Crippen LogP contribution in [0.1, 0.15) is 48.3 Å². The van der Waals surface area contributed by atoms with Crippen molar-refractivity contribution in [3.63, 3.8) is 0 Å². The third-order valence-corrected chi connectivity index (χ3v) is 4.55. The van der Waals surface area contributed by atoms with Crippen LogP contribution < -0.4 is 10.1 Å². The van der Waals surface area contributed by atoms with Crippen molar-refractivity contribution in [2.24, 2.45) is 5.92 Å². The summed E-state index contributed by atoms with van der Waals surface area (Å²) in [6.45, 7) is 5.02. The number of aromatic nitrogens is 1. The molecule has 0 radical (unpaired) electrons. The summed E-state index contributed by atoms with van der Waals surface area (Å²) in [4.78, 5) is 17.1. The summed E-state index contributed by atoms with van der Waals surface area (Å²) >= 11 is 0. The van der Waals surface area contributed by atoms with Gasteiger partial charge in [-0.2, -0.15) is 0 Å². The molecule has 0 aliphatic rings. The Hall–Kier alpha value is -3.14. The molecule has 0 fully saturated rings. The van der Waals surface area contributed by atoms with E-state index in [1.165, 1.54) is 5.56 Å². The van der Waals surface area contributed by atoms with Gasteiger partial charge >= 0.3 is 0 Å². The maximum Gasteiger partial charge on any atom is 0.270 e. The largest absolute Gasteiger partial charge is 0.439 e. The third kappa shape index (κ3) is 6.75. The van der Waals surface area contributed by atoms with Crippen molar-refractivity contribution in [3.05, 3.63) is 89.6 Å². The van der Waals surface area contributed by atoms with Gasteiger partial charge in [0.15, 0.2) is 0 Å². The highest BCUT2D eigenvalue weighted by Gasteiger charge is 2.12. The third-order valence-electron chi connectivity index (χ3n) is 4.55. The van der Waals surface area contributed by atoms with Crippen LogP contribution in [0.15, 0.2) is 72.8 Å². The van der Waals surface area contributed by atoms with Gasteiger partial charge in [-0.05, 0) is 54.5 Å². The van der Waals surface area contributed by atoms with Gasteiger partial charge < -0.3 is 10.1 Å². The van der Waals surface area contributed by atoms with Crippen molar-refractivity contribution in [2.45, 2.75) is 33.1 Å². The highest BCUT2D eigenvalue weighted by molar-refractivity contribution is 5.92. The molecule has 150 valence electrons. The maximum atomic E-state index is 12.7. The van der Waals surface area contributed by atoms with E-state index >= 15 is 0 Å². The molecule has 4 heteroatoms. The molecule has 3 rings (SSSR count). The Morgan fingerprint density at radius 2 is 1.66 bits per heavy atom. The highest BCUT2D eigenvalue weighted by Crippen LogP contribution is 2.22. The maximum absolute atomic E-state index is 12.7. The normalized spacial score (nSPS) is 10.7. The number of benzene rings is 2. The quantitative estimate of drug-likeness (QED) is 0.483. The second kappa shape index (κ2) is 10.4. The van der Waals surface area contributed by atoms with E-state index < -0.39 is 0 Å². The van der Waals surface area contributed by atoms with Crippen molar-refractivity contribution in [2.75, 3.05) is 6.54 Å². The van der Waals surface area contributed by atoms with Crippen molar-refractivity contribution < 1.29 is 9.53 Å². The van der Waals surface area contributed by atoms with Gasteiger partial charge in [-0.25, -0.2) is 4.98 Å². The number of hydrogen-bond donors (Lipinski definition) is 1. The molecule has 0 unspecified atom stereocenters. The van der Waals surface area contributed by atoms with Gasteiger partial charge in [0.05, 0.1) is 0 Å². The monoisotopic (exact) mass is 388 g/mol. The molecule has 0 bridgehead atoms. The Balaban J connectivity index is 1.79. The first-order valence-corrected chi connectivity index (χ1v) is 10.2. The Labute approximate surface area is 173 Å². The van der Waals surface area contributed by atoms with Crippen LogP contribution in [0.2, 0.25) is 0 Å². The average molecular weight is 389 g/mol. The first kappa shape index (κ1) is 20.6. The first-order chi connectivity index (χ1) is 14.1. The summed E-state index contributed by atoms with van der Waals surface area (Å²) in [5.74, 6) is 1.59. The van der Waals surface area contributed by atoms with Gasteiger partial charge in [-0.15, -0.1) is 0 Å². The Bertz CT molecular complexity index is 849. The zero-order valence-corrected chi connectivity index (χ0v) is 17.1.